The minimum absolute atomic E-state index is 0.304. The molecule has 1 amide bonds. The molecule has 0 bridgehead atoms. The van der Waals surface area contributed by atoms with E-state index in [1.807, 2.05) is 6.92 Å². The fourth-order valence-corrected chi connectivity index (χ4v) is 0.607. The van der Waals surface area contributed by atoms with Gasteiger partial charge in [-0.25, -0.2) is 4.79 Å². The van der Waals surface area contributed by atoms with Gasteiger partial charge in [-0.2, -0.15) is 0 Å². The standard InChI is InChI=1S/C9H17NO2/c1-4-5-6-10-9(11)12-7-8(2)3/h2,4-7H2,1,3H3,(H,10,11). The number of nitrogens with one attached hydrogen (secondary N) is 1. The summed E-state index contributed by atoms with van der Waals surface area (Å²) in [6.07, 6.45) is 1.70. The molecule has 0 spiro atoms. The summed E-state index contributed by atoms with van der Waals surface area (Å²) in [5.41, 5.74) is 0.848. The lowest BCUT2D eigenvalue weighted by atomic mass is 10.3. The molecular formula is C9H17NO2. The highest BCUT2D eigenvalue weighted by Crippen LogP contribution is 1.89. The second kappa shape index (κ2) is 6.70. The van der Waals surface area contributed by atoms with Gasteiger partial charge in [0.15, 0.2) is 0 Å². The van der Waals surface area contributed by atoms with E-state index < -0.39 is 0 Å². The van der Waals surface area contributed by atoms with Gasteiger partial charge in [0.25, 0.3) is 0 Å². The summed E-state index contributed by atoms with van der Waals surface area (Å²) in [6.45, 7) is 8.50. The van der Waals surface area contributed by atoms with Gasteiger partial charge in [0.2, 0.25) is 0 Å². The molecule has 0 saturated carbocycles. The quantitative estimate of drug-likeness (QED) is 0.508. The summed E-state index contributed by atoms with van der Waals surface area (Å²) >= 11 is 0. The fourth-order valence-electron chi connectivity index (χ4n) is 0.607. The molecule has 0 fully saturated rings. The summed E-state index contributed by atoms with van der Waals surface area (Å²) in [7, 11) is 0. The van der Waals surface area contributed by atoms with Crippen LogP contribution in [0.15, 0.2) is 12.2 Å². The van der Waals surface area contributed by atoms with Crippen LogP contribution in [0.3, 0.4) is 0 Å². The Hall–Kier alpha value is -0.990. The van der Waals surface area contributed by atoms with Crippen molar-refractivity contribution in [3.8, 4) is 0 Å². The lowest BCUT2D eigenvalue weighted by molar-refractivity contribution is 0.155. The molecule has 3 heteroatoms. The molecule has 3 nitrogen and oxygen atoms in total. The van der Waals surface area contributed by atoms with Crippen molar-refractivity contribution in [2.24, 2.45) is 0 Å². The number of carbonyl (C=O) groups excluding carboxylic acids is 1. The van der Waals surface area contributed by atoms with Crippen LogP contribution < -0.4 is 5.32 Å². The van der Waals surface area contributed by atoms with E-state index in [1.54, 1.807) is 0 Å². The van der Waals surface area contributed by atoms with Crippen molar-refractivity contribution >= 4 is 6.09 Å². The number of rotatable bonds is 5. The first kappa shape index (κ1) is 11.0. The Morgan fingerprint density at radius 2 is 2.25 bits per heavy atom. The lowest BCUT2D eigenvalue weighted by Crippen LogP contribution is -2.25. The van der Waals surface area contributed by atoms with E-state index in [1.165, 1.54) is 0 Å². The molecule has 1 N–H and O–H groups in total. The summed E-state index contributed by atoms with van der Waals surface area (Å²) in [4.78, 5) is 10.8. The van der Waals surface area contributed by atoms with Crippen molar-refractivity contribution < 1.29 is 9.53 Å². The van der Waals surface area contributed by atoms with Crippen molar-refractivity contribution in [3.05, 3.63) is 12.2 Å². The van der Waals surface area contributed by atoms with Crippen LogP contribution in [0.1, 0.15) is 26.7 Å². The summed E-state index contributed by atoms with van der Waals surface area (Å²) in [5.74, 6) is 0. The Balaban J connectivity index is 3.28. The van der Waals surface area contributed by atoms with E-state index in [0.29, 0.717) is 13.2 Å². The summed E-state index contributed by atoms with van der Waals surface area (Å²) < 4.78 is 4.80. The largest absolute Gasteiger partial charge is 0.445 e. The molecule has 0 aliphatic carbocycles. The highest BCUT2D eigenvalue weighted by Gasteiger charge is 1.98. The van der Waals surface area contributed by atoms with Gasteiger partial charge in [0.1, 0.15) is 6.61 Å². The van der Waals surface area contributed by atoms with Gasteiger partial charge in [0.05, 0.1) is 0 Å². The number of alkyl carbamates (subject to hydrolysis) is 1. The van der Waals surface area contributed by atoms with E-state index in [-0.39, 0.29) is 6.09 Å². The number of amides is 1. The van der Waals surface area contributed by atoms with Crippen molar-refractivity contribution in [2.45, 2.75) is 26.7 Å². The molecule has 0 rings (SSSR count). The molecule has 0 saturated heterocycles. The minimum Gasteiger partial charge on any atom is -0.445 e. The predicted molar refractivity (Wildman–Crippen MR) is 49.1 cm³/mol. The zero-order valence-electron chi connectivity index (χ0n) is 7.85. The molecule has 0 aliphatic heterocycles. The highest BCUT2D eigenvalue weighted by atomic mass is 16.5. The monoisotopic (exact) mass is 171 g/mol. The molecule has 0 aliphatic rings. The summed E-state index contributed by atoms with van der Waals surface area (Å²) in [6, 6.07) is 0. The number of hydrogen-bond donors (Lipinski definition) is 1. The van der Waals surface area contributed by atoms with Gasteiger partial charge in [-0.3, -0.25) is 0 Å². The number of hydrogen-bond acceptors (Lipinski definition) is 2. The Bertz CT molecular complexity index is 155. The molecule has 0 heterocycles. The average Bonchev–Trinajstić information content (AvgIpc) is 2.01. The van der Waals surface area contributed by atoms with Crippen LogP contribution in [0.2, 0.25) is 0 Å². The Labute approximate surface area is 73.8 Å². The lowest BCUT2D eigenvalue weighted by Gasteiger charge is -2.05. The van der Waals surface area contributed by atoms with Crippen LogP contribution in [-0.4, -0.2) is 19.2 Å². The van der Waals surface area contributed by atoms with Gasteiger partial charge < -0.3 is 10.1 Å². The zero-order chi connectivity index (χ0) is 9.40. The third-order valence-corrected chi connectivity index (χ3v) is 1.25. The SMILES string of the molecule is C=C(C)COC(=O)NCCCC. The van der Waals surface area contributed by atoms with Gasteiger partial charge in [0, 0.05) is 6.54 Å². The Kier molecular flexibility index (Phi) is 6.15. The fraction of sp³-hybridized carbons (Fsp3) is 0.667. The number of unbranched alkanes of at least 4 members (excludes halogenated alkanes) is 1. The third kappa shape index (κ3) is 7.12. The van der Waals surface area contributed by atoms with Crippen molar-refractivity contribution in [1.29, 1.82) is 0 Å². The topological polar surface area (TPSA) is 38.3 Å². The van der Waals surface area contributed by atoms with Crippen LogP contribution in [0.5, 0.6) is 0 Å². The Morgan fingerprint density at radius 1 is 1.58 bits per heavy atom. The Morgan fingerprint density at radius 3 is 2.75 bits per heavy atom. The molecular weight excluding hydrogens is 154 g/mol. The second-order valence-corrected chi connectivity index (χ2v) is 2.81. The average molecular weight is 171 g/mol. The van der Waals surface area contributed by atoms with Crippen molar-refractivity contribution in [2.75, 3.05) is 13.2 Å². The van der Waals surface area contributed by atoms with Gasteiger partial charge in [-0.1, -0.05) is 19.9 Å². The van der Waals surface area contributed by atoms with Crippen molar-refractivity contribution in [1.82, 2.24) is 5.32 Å². The van der Waals surface area contributed by atoms with E-state index in [2.05, 4.69) is 18.8 Å². The number of carbonyl (C=O) groups is 1. The normalized spacial score (nSPS) is 9.17. The molecule has 70 valence electrons. The maximum atomic E-state index is 10.8. The van der Waals surface area contributed by atoms with Crippen molar-refractivity contribution in [3.63, 3.8) is 0 Å². The first-order valence-electron chi connectivity index (χ1n) is 4.21. The molecule has 0 unspecified atom stereocenters. The zero-order valence-corrected chi connectivity index (χ0v) is 7.85. The van der Waals surface area contributed by atoms with Crippen LogP contribution in [-0.2, 0) is 4.74 Å². The molecule has 0 atom stereocenters. The number of ether oxygens (including phenoxy) is 1. The maximum absolute atomic E-state index is 10.8. The molecule has 12 heavy (non-hydrogen) atoms. The molecule has 0 radical (unpaired) electrons. The maximum Gasteiger partial charge on any atom is 0.407 e. The minimum atomic E-state index is -0.355. The molecule has 0 aromatic rings. The van der Waals surface area contributed by atoms with Crippen LogP contribution >= 0.6 is 0 Å². The third-order valence-electron chi connectivity index (χ3n) is 1.25. The van der Waals surface area contributed by atoms with E-state index in [4.69, 9.17) is 4.74 Å². The van der Waals surface area contributed by atoms with E-state index >= 15 is 0 Å². The smallest absolute Gasteiger partial charge is 0.407 e. The van der Waals surface area contributed by atoms with Crippen LogP contribution in [0.25, 0.3) is 0 Å². The van der Waals surface area contributed by atoms with Gasteiger partial charge in [-0.15, -0.1) is 0 Å². The van der Waals surface area contributed by atoms with E-state index in [9.17, 15) is 4.79 Å². The summed E-state index contributed by atoms with van der Waals surface area (Å²) in [5, 5.41) is 2.64. The van der Waals surface area contributed by atoms with Crippen LogP contribution in [0, 0.1) is 0 Å². The van der Waals surface area contributed by atoms with Crippen LogP contribution in [0.4, 0.5) is 4.79 Å². The molecule has 0 aromatic heterocycles. The van der Waals surface area contributed by atoms with Gasteiger partial charge in [-0.05, 0) is 18.9 Å². The second-order valence-electron chi connectivity index (χ2n) is 2.81. The first-order valence-corrected chi connectivity index (χ1v) is 4.21. The highest BCUT2D eigenvalue weighted by molar-refractivity contribution is 5.67. The molecule has 0 aromatic carbocycles. The first-order chi connectivity index (χ1) is 5.66. The van der Waals surface area contributed by atoms with E-state index in [0.717, 1.165) is 18.4 Å². The predicted octanol–water partition coefficient (Wildman–Crippen LogP) is 2.09. The van der Waals surface area contributed by atoms with Gasteiger partial charge >= 0.3 is 6.09 Å².